The monoisotopic (exact) mass is 229 g/mol. The van der Waals surface area contributed by atoms with Gasteiger partial charge in [-0.15, -0.1) is 0 Å². The molecule has 1 heterocycles. The van der Waals surface area contributed by atoms with Crippen LogP contribution in [0.4, 0.5) is 0 Å². The number of carbonyl (C=O) groups is 1. The number of benzene rings is 1. The maximum absolute atomic E-state index is 11.6. The van der Waals surface area contributed by atoms with Gasteiger partial charge in [0.25, 0.3) is 0 Å². The molecule has 0 radical (unpaired) electrons. The standard InChI is InChI=1S/C14H15NO2/c1-11(16)12-4-2-3-5-13(12)14(10-15)6-8-17-9-7-14/h2-5H,6-9H2,1H3. The predicted octanol–water partition coefficient (Wildman–Crippen LogP) is 2.46. The summed E-state index contributed by atoms with van der Waals surface area (Å²) in [6.45, 7) is 2.71. The Kier molecular flexibility index (Phi) is 3.26. The molecule has 3 heteroatoms. The van der Waals surface area contributed by atoms with Gasteiger partial charge in [0.15, 0.2) is 5.78 Å². The average molecular weight is 229 g/mol. The fourth-order valence-corrected chi connectivity index (χ4v) is 2.37. The van der Waals surface area contributed by atoms with E-state index in [1.807, 2.05) is 18.2 Å². The Morgan fingerprint density at radius 1 is 1.35 bits per heavy atom. The number of ether oxygens (including phenoxy) is 1. The van der Waals surface area contributed by atoms with Gasteiger partial charge in [0, 0.05) is 18.8 Å². The van der Waals surface area contributed by atoms with Gasteiger partial charge in [0.05, 0.1) is 11.5 Å². The molecule has 2 rings (SSSR count). The van der Waals surface area contributed by atoms with E-state index in [9.17, 15) is 10.1 Å². The lowest BCUT2D eigenvalue weighted by Gasteiger charge is -2.32. The lowest BCUT2D eigenvalue weighted by atomic mass is 9.73. The molecule has 1 aromatic carbocycles. The van der Waals surface area contributed by atoms with Crippen LogP contribution < -0.4 is 0 Å². The maximum atomic E-state index is 11.6. The van der Waals surface area contributed by atoms with E-state index < -0.39 is 5.41 Å². The zero-order chi connectivity index (χ0) is 12.3. The maximum Gasteiger partial charge on any atom is 0.160 e. The Labute approximate surface area is 101 Å². The molecule has 1 aliphatic heterocycles. The summed E-state index contributed by atoms with van der Waals surface area (Å²) >= 11 is 0. The topological polar surface area (TPSA) is 50.1 Å². The van der Waals surface area contributed by atoms with Crippen molar-refractivity contribution in [2.24, 2.45) is 0 Å². The van der Waals surface area contributed by atoms with Crippen molar-refractivity contribution in [3.63, 3.8) is 0 Å². The lowest BCUT2D eigenvalue weighted by Crippen LogP contribution is -2.33. The fourth-order valence-electron chi connectivity index (χ4n) is 2.37. The van der Waals surface area contributed by atoms with Gasteiger partial charge in [-0.25, -0.2) is 0 Å². The molecule has 1 saturated heterocycles. The molecule has 1 aliphatic rings. The van der Waals surface area contributed by atoms with E-state index in [0.717, 1.165) is 5.56 Å². The number of carbonyl (C=O) groups excluding carboxylic acids is 1. The van der Waals surface area contributed by atoms with Crippen molar-refractivity contribution >= 4 is 5.78 Å². The highest BCUT2D eigenvalue weighted by molar-refractivity contribution is 5.96. The third-order valence-electron chi connectivity index (χ3n) is 3.38. The van der Waals surface area contributed by atoms with E-state index in [1.165, 1.54) is 0 Å². The van der Waals surface area contributed by atoms with Crippen molar-refractivity contribution in [3.05, 3.63) is 35.4 Å². The van der Waals surface area contributed by atoms with Crippen molar-refractivity contribution in [1.29, 1.82) is 5.26 Å². The van der Waals surface area contributed by atoms with Crippen LogP contribution in [0.5, 0.6) is 0 Å². The molecule has 17 heavy (non-hydrogen) atoms. The SMILES string of the molecule is CC(=O)c1ccccc1C1(C#N)CCOCC1. The molecule has 0 N–H and O–H groups in total. The van der Waals surface area contributed by atoms with E-state index in [4.69, 9.17) is 4.74 Å². The first-order valence-electron chi connectivity index (χ1n) is 5.79. The number of hydrogen-bond acceptors (Lipinski definition) is 3. The van der Waals surface area contributed by atoms with Crippen molar-refractivity contribution in [2.75, 3.05) is 13.2 Å². The molecule has 1 fully saturated rings. The highest BCUT2D eigenvalue weighted by atomic mass is 16.5. The normalized spacial score (nSPS) is 18.4. The second-order valence-electron chi connectivity index (χ2n) is 4.41. The molecule has 0 unspecified atom stereocenters. The van der Waals surface area contributed by atoms with Crippen LogP contribution in [0.3, 0.4) is 0 Å². The van der Waals surface area contributed by atoms with E-state index in [2.05, 4.69) is 6.07 Å². The molecule has 1 aromatic rings. The summed E-state index contributed by atoms with van der Waals surface area (Å²) in [5, 5.41) is 9.48. The molecule has 88 valence electrons. The Morgan fingerprint density at radius 3 is 2.59 bits per heavy atom. The Bertz CT molecular complexity index is 467. The van der Waals surface area contributed by atoms with Crippen LogP contribution in [-0.4, -0.2) is 19.0 Å². The molecular formula is C14H15NO2. The zero-order valence-corrected chi connectivity index (χ0v) is 9.90. The molecular weight excluding hydrogens is 214 g/mol. The van der Waals surface area contributed by atoms with Gasteiger partial charge in [0.1, 0.15) is 0 Å². The predicted molar refractivity (Wildman–Crippen MR) is 63.8 cm³/mol. The molecule has 0 aromatic heterocycles. The molecule has 0 spiro atoms. The second-order valence-corrected chi connectivity index (χ2v) is 4.41. The van der Waals surface area contributed by atoms with E-state index in [-0.39, 0.29) is 5.78 Å². The molecule has 3 nitrogen and oxygen atoms in total. The van der Waals surface area contributed by atoms with Crippen molar-refractivity contribution in [1.82, 2.24) is 0 Å². The first kappa shape index (κ1) is 11.8. The largest absolute Gasteiger partial charge is 0.381 e. The van der Waals surface area contributed by atoms with Crippen LogP contribution in [0.1, 0.15) is 35.7 Å². The summed E-state index contributed by atoms with van der Waals surface area (Å²) in [5.74, 6) is 0.0155. The minimum Gasteiger partial charge on any atom is -0.381 e. The summed E-state index contributed by atoms with van der Waals surface area (Å²) in [4.78, 5) is 11.6. The van der Waals surface area contributed by atoms with Gasteiger partial charge in [-0.05, 0) is 25.3 Å². The highest BCUT2D eigenvalue weighted by Gasteiger charge is 2.36. The Morgan fingerprint density at radius 2 is 2.00 bits per heavy atom. The summed E-state index contributed by atoms with van der Waals surface area (Å²) in [6.07, 6.45) is 1.32. The van der Waals surface area contributed by atoms with Crippen LogP contribution in [0, 0.1) is 11.3 Å². The van der Waals surface area contributed by atoms with Crippen LogP contribution in [0.2, 0.25) is 0 Å². The first-order valence-corrected chi connectivity index (χ1v) is 5.79. The number of nitriles is 1. The minimum atomic E-state index is -0.555. The molecule has 0 aliphatic carbocycles. The summed E-state index contributed by atoms with van der Waals surface area (Å²) in [7, 11) is 0. The van der Waals surface area contributed by atoms with E-state index in [1.54, 1.807) is 13.0 Å². The third-order valence-corrected chi connectivity index (χ3v) is 3.38. The quantitative estimate of drug-likeness (QED) is 0.732. The van der Waals surface area contributed by atoms with Gasteiger partial charge >= 0.3 is 0 Å². The number of ketones is 1. The van der Waals surface area contributed by atoms with Crippen LogP contribution in [0.15, 0.2) is 24.3 Å². The van der Waals surface area contributed by atoms with Gasteiger partial charge in [-0.2, -0.15) is 5.26 Å². The van der Waals surface area contributed by atoms with Crippen molar-refractivity contribution in [3.8, 4) is 6.07 Å². The minimum absolute atomic E-state index is 0.0155. The smallest absolute Gasteiger partial charge is 0.160 e. The first-order chi connectivity index (χ1) is 8.19. The summed E-state index contributed by atoms with van der Waals surface area (Å²) < 4.78 is 5.31. The van der Waals surface area contributed by atoms with Crippen molar-refractivity contribution in [2.45, 2.75) is 25.2 Å². The lowest BCUT2D eigenvalue weighted by molar-refractivity contribution is 0.0670. The Hall–Kier alpha value is -1.66. The number of Topliss-reactive ketones (excluding diaryl/α,β-unsaturated/α-hetero) is 1. The second kappa shape index (κ2) is 4.68. The molecule has 0 atom stereocenters. The van der Waals surface area contributed by atoms with E-state index in [0.29, 0.717) is 31.6 Å². The number of rotatable bonds is 2. The summed E-state index contributed by atoms with van der Waals surface area (Å²) in [6, 6.07) is 9.81. The number of nitrogens with zero attached hydrogens (tertiary/aromatic N) is 1. The highest BCUT2D eigenvalue weighted by Crippen LogP contribution is 2.36. The molecule has 0 amide bonds. The van der Waals surface area contributed by atoms with Crippen LogP contribution >= 0.6 is 0 Å². The van der Waals surface area contributed by atoms with E-state index >= 15 is 0 Å². The van der Waals surface area contributed by atoms with Crippen LogP contribution in [0.25, 0.3) is 0 Å². The van der Waals surface area contributed by atoms with Gasteiger partial charge < -0.3 is 4.74 Å². The number of hydrogen-bond donors (Lipinski definition) is 0. The molecule has 0 saturated carbocycles. The summed E-state index contributed by atoms with van der Waals surface area (Å²) in [5.41, 5.74) is 0.967. The fraction of sp³-hybridized carbons (Fsp3) is 0.429. The zero-order valence-electron chi connectivity index (χ0n) is 9.90. The van der Waals surface area contributed by atoms with Gasteiger partial charge in [-0.3, -0.25) is 4.79 Å². The average Bonchev–Trinajstić information content (AvgIpc) is 2.39. The third kappa shape index (κ3) is 2.09. The molecule has 0 bridgehead atoms. The van der Waals surface area contributed by atoms with Crippen LogP contribution in [-0.2, 0) is 10.2 Å². The Balaban J connectivity index is 2.51. The van der Waals surface area contributed by atoms with Gasteiger partial charge in [0.2, 0.25) is 0 Å². The van der Waals surface area contributed by atoms with Crippen molar-refractivity contribution < 1.29 is 9.53 Å². The van der Waals surface area contributed by atoms with Gasteiger partial charge in [-0.1, -0.05) is 24.3 Å².